The molecule has 2 N–H and O–H groups in total. The fraction of sp³-hybridized carbons (Fsp3) is 0.688. The fourth-order valence-corrected chi connectivity index (χ4v) is 2.54. The van der Waals surface area contributed by atoms with Crippen molar-refractivity contribution in [1.29, 1.82) is 0 Å². The van der Waals surface area contributed by atoms with E-state index in [-0.39, 0.29) is 17.8 Å². The lowest BCUT2D eigenvalue weighted by Crippen LogP contribution is -2.30. The van der Waals surface area contributed by atoms with Crippen LogP contribution in [0.1, 0.15) is 24.7 Å². The Morgan fingerprint density at radius 3 is 2.50 bits per heavy atom. The Hall–Kier alpha value is -1.37. The van der Waals surface area contributed by atoms with E-state index < -0.39 is 0 Å². The molecule has 0 saturated heterocycles. The van der Waals surface area contributed by atoms with Gasteiger partial charge in [-0.05, 0) is 40.5 Å². The van der Waals surface area contributed by atoms with Crippen LogP contribution in [0.25, 0.3) is 0 Å². The highest BCUT2D eigenvalue weighted by atomic mass is 16.3. The lowest BCUT2D eigenvalue weighted by atomic mass is 10.2. The van der Waals surface area contributed by atoms with Crippen molar-refractivity contribution in [2.24, 2.45) is 0 Å². The van der Waals surface area contributed by atoms with Gasteiger partial charge in [0.1, 0.15) is 0 Å². The molecule has 22 heavy (non-hydrogen) atoms. The first kappa shape index (κ1) is 18.7. The number of likely N-dealkylation sites (N-methyl/N-ethyl adjacent to an activating group) is 1. The van der Waals surface area contributed by atoms with Crippen molar-refractivity contribution < 1.29 is 10.2 Å². The monoisotopic (exact) mass is 311 g/mol. The number of hydrogen-bond donors (Lipinski definition) is 2. The van der Waals surface area contributed by atoms with Gasteiger partial charge in [-0.1, -0.05) is 6.92 Å². The molecule has 0 saturated carbocycles. The molecule has 1 rings (SSSR count). The van der Waals surface area contributed by atoms with Gasteiger partial charge in [0.25, 0.3) is 0 Å². The number of pyridine rings is 1. The van der Waals surface area contributed by atoms with Crippen LogP contribution in [0.5, 0.6) is 5.75 Å². The summed E-state index contributed by atoms with van der Waals surface area (Å²) in [6.45, 7) is 7.38. The molecule has 6 nitrogen and oxygen atoms in total. The zero-order chi connectivity index (χ0) is 16.7. The van der Waals surface area contributed by atoms with Gasteiger partial charge in [-0.25, -0.2) is 0 Å². The van der Waals surface area contributed by atoms with Crippen LogP contribution in [-0.4, -0.2) is 64.9 Å². The highest BCUT2D eigenvalue weighted by Gasteiger charge is 2.15. The fourth-order valence-electron chi connectivity index (χ4n) is 2.54. The molecule has 0 aliphatic rings. The van der Waals surface area contributed by atoms with Crippen molar-refractivity contribution in [3.05, 3.63) is 27.7 Å². The molecule has 0 radical (unpaired) electrons. The van der Waals surface area contributed by atoms with Crippen LogP contribution in [0.15, 0.2) is 10.9 Å². The van der Waals surface area contributed by atoms with Crippen molar-refractivity contribution in [1.82, 2.24) is 14.4 Å². The second kappa shape index (κ2) is 8.92. The van der Waals surface area contributed by atoms with Crippen LogP contribution in [-0.2, 0) is 13.1 Å². The molecule has 1 aromatic rings. The van der Waals surface area contributed by atoms with Crippen molar-refractivity contribution in [2.45, 2.75) is 33.4 Å². The summed E-state index contributed by atoms with van der Waals surface area (Å²) >= 11 is 0. The Bertz CT molecular complexity index is 526. The van der Waals surface area contributed by atoms with Crippen LogP contribution in [0, 0.1) is 6.92 Å². The van der Waals surface area contributed by atoms with E-state index in [1.807, 2.05) is 37.4 Å². The van der Waals surface area contributed by atoms with Crippen molar-refractivity contribution >= 4 is 0 Å². The minimum Gasteiger partial charge on any atom is -0.503 e. The molecule has 0 bridgehead atoms. The Balaban J connectivity index is 3.07. The number of aryl methyl sites for hydroxylation is 1. The van der Waals surface area contributed by atoms with Gasteiger partial charge in [-0.2, -0.15) is 0 Å². The summed E-state index contributed by atoms with van der Waals surface area (Å²) in [6, 6.07) is 1.48. The second-order valence-corrected chi connectivity index (χ2v) is 5.85. The van der Waals surface area contributed by atoms with Gasteiger partial charge in [0, 0.05) is 31.4 Å². The van der Waals surface area contributed by atoms with Crippen molar-refractivity contribution in [3.8, 4) is 5.75 Å². The van der Waals surface area contributed by atoms with E-state index in [1.165, 1.54) is 6.07 Å². The molecule has 6 heteroatoms. The Labute approximate surface area is 132 Å². The number of aromatic hydroxyl groups is 1. The zero-order valence-corrected chi connectivity index (χ0v) is 14.2. The van der Waals surface area contributed by atoms with Gasteiger partial charge >= 0.3 is 0 Å². The van der Waals surface area contributed by atoms with E-state index in [2.05, 4.69) is 4.90 Å². The predicted octanol–water partition coefficient (Wildman–Crippen LogP) is 0.628. The summed E-state index contributed by atoms with van der Waals surface area (Å²) in [5, 5.41) is 19.3. The maximum Gasteiger partial charge on any atom is 0.223 e. The maximum absolute atomic E-state index is 11.9. The van der Waals surface area contributed by atoms with Crippen LogP contribution in [0.3, 0.4) is 0 Å². The first-order chi connectivity index (χ1) is 10.4. The zero-order valence-electron chi connectivity index (χ0n) is 14.2. The van der Waals surface area contributed by atoms with Gasteiger partial charge in [0.2, 0.25) is 5.43 Å². The van der Waals surface area contributed by atoms with E-state index >= 15 is 0 Å². The molecule has 0 amide bonds. The van der Waals surface area contributed by atoms with Crippen molar-refractivity contribution in [3.63, 3.8) is 0 Å². The van der Waals surface area contributed by atoms with Gasteiger partial charge in [0.15, 0.2) is 5.75 Å². The number of rotatable bonds is 9. The minimum absolute atomic E-state index is 0.0608. The van der Waals surface area contributed by atoms with E-state index in [0.717, 1.165) is 31.7 Å². The molecular formula is C16H29N3O3. The molecule has 0 aliphatic carbocycles. The molecule has 0 unspecified atom stereocenters. The Morgan fingerprint density at radius 1 is 1.27 bits per heavy atom. The van der Waals surface area contributed by atoms with E-state index in [0.29, 0.717) is 18.8 Å². The highest BCUT2D eigenvalue weighted by molar-refractivity contribution is 5.29. The molecular weight excluding hydrogens is 282 g/mol. The highest BCUT2D eigenvalue weighted by Crippen LogP contribution is 2.17. The first-order valence-electron chi connectivity index (χ1n) is 7.80. The number of aliphatic hydroxyl groups excluding tert-OH is 1. The largest absolute Gasteiger partial charge is 0.503 e. The lowest BCUT2D eigenvalue weighted by molar-refractivity contribution is 0.191. The molecule has 126 valence electrons. The summed E-state index contributed by atoms with van der Waals surface area (Å²) in [5.41, 5.74) is 1.16. The van der Waals surface area contributed by atoms with Gasteiger partial charge < -0.3 is 19.7 Å². The van der Waals surface area contributed by atoms with Crippen LogP contribution in [0.2, 0.25) is 0 Å². The average Bonchev–Trinajstić information content (AvgIpc) is 2.46. The van der Waals surface area contributed by atoms with Crippen LogP contribution in [0.4, 0.5) is 0 Å². The summed E-state index contributed by atoms with van der Waals surface area (Å²) in [6.07, 6.45) is 0.940. The molecule has 1 aromatic heterocycles. The van der Waals surface area contributed by atoms with E-state index in [4.69, 9.17) is 5.11 Å². The summed E-state index contributed by atoms with van der Waals surface area (Å²) in [4.78, 5) is 16.0. The standard InChI is InChI=1S/C16H29N3O3/c1-5-18(9-10-20)12-14-16(22)15(21)11-13(2)19(14)8-6-7-17(3)4/h11,20,22H,5-10,12H2,1-4H3. The number of aromatic nitrogens is 1. The van der Waals surface area contributed by atoms with Crippen molar-refractivity contribution in [2.75, 3.05) is 40.3 Å². The molecule has 0 atom stereocenters. The molecule has 0 spiro atoms. The number of nitrogens with zero attached hydrogens (tertiary/aromatic N) is 3. The van der Waals surface area contributed by atoms with E-state index in [9.17, 15) is 9.90 Å². The normalized spacial score (nSPS) is 11.6. The quantitative estimate of drug-likeness (QED) is 0.700. The first-order valence-corrected chi connectivity index (χ1v) is 7.80. The third-order valence-corrected chi connectivity index (χ3v) is 3.82. The third-order valence-electron chi connectivity index (χ3n) is 3.82. The molecule has 0 aromatic carbocycles. The molecule has 0 aliphatic heterocycles. The molecule has 0 fully saturated rings. The summed E-state index contributed by atoms with van der Waals surface area (Å²) in [7, 11) is 4.05. The minimum atomic E-state index is -0.337. The van der Waals surface area contributed by atoms with Crippen LogP contribution >= 0.6 is 0 Å². The molecule has 1 heterocycles. The van der Waals surface area contributed by atoms with Gasteiger partial charge in [0.05, 0.1) is 12.3 Å². The second-order valence-electron chi connectivity index (χ2n) is 5.85. The smallest absolute Gasteiger partial charge is 0.223 e. The third kappa shape index (κ3) is 5.12. The van der Waals surface area contributed by atoms with Crippen LogP contribution < -0.4 is 5.43 Å². The van der Waals surface area contributed by atoms with Gasteiger partial charge in [-0.3, -0.25) is 9.69 Å². The Kier molecular flexibility index (Phi) is 7.58. The number of aliphatic hydroxyl groups is 1. The summed E-state index contributed by atoms with van der Waals surface area (Å²) in [5.74, 6) is -0.174. The predicted molar refractivity (Wildman–Crippen MR) is 88.3 cm³/mol. The SMILES string of the molecule is CCN(CCO)Cc1c(O)c(=O)cc(C)n1CCCN(C)C. The lowest BCUT2D eigenvalue weighted by Gasteiger charge is -2.24. The topological polar surface area (TPSA) is 68.9 Å². The summed E-state index contributed by atoms with van der Waals surface area (Å²) < 4.78 is 2.01. The average molecular weight is 311 g/mol. The Morgan fingerprint density at radius 2 is 1.95 bits per heavy atom. The maximum atomic E-state index is 11.9. The number of hydrogen-bond acceptors (Lipinski definition) is 5. The van der Waals surface area contributed by atoms with Gasteiger partial charge in [-0.15, -0.1) is 0 Å². The van der Waals surface area contributed by atoms with E-state index in [1.54, 1.807) is 0 Å².